The van der Waals surface area contributed by atoms with E-state index in [2.05, 4.69) is 18.7 Å². The van der Waals surface area contributed by atoms with Crippen LogP contribution in [0.25, 0.3) is 5.57 Å². The number of unbranched alkanes of at least 4 members (excludes halogenated alkanes) is 2. The molecule has 1 amide bonds. The quantitative estimate of drug-likeness (QED) is 0.476. The first kappa shape index (κ1) is 16.3. The lowest BCUT2D eigenvalue weighted by molar-refractivity contribution is -0.112. The number of hydrogen-bond donors (Lipinski definition) is 1. The molecule has 0 bridgehead atoms. The Hall–Kier alpha value is -2.10. The van der Waals surface area contributed by atoms with Crippen LogP contribution in [0.2, 0.25) is 0 Å². The van der Waals surface area contributed by atoms with E-state index in [1.807, 2.05) is 18.2 Å². The predicted molar refractivity (Wildman–Crippen MR) is 89.6 cm³/mol. The molecule has 0 radical (unpaired) electrons. The van der Waals surface area contributed by atoms with Gasteiger partial charge in [0, 0.05) is 11.1 Å². The highest BCUT2D eigenvalue weighted by molar-refractivity contribution is 6.18. The van der Waals surface area contributed by atoms with E-state index >= 15 is 0 Å². The van der Waals surface area contributed by atoms with Gasteiger partial charge in [0.15, 0.2) is 0 Å². The molecule has 0 unspecified atom stereocenters. The molecule has 0 atom stereocenters. The summed E-state index contributed by atoms with van der Waals surface area (Å²) in [6, 6.07) is 5.87. The third-order valence-electron chi connectivity index (χ3n) is 3.94. The topological polar surface area (TPSA) is 64.7 Å². The van der Waals surface area contributed by atoms with Gasteiger partial charge in [-0.3, -0.25) is 4.79 Å². The zero-order valence-corrected chi connectivity index (χ0v) is 13.2. The number of amides is 1. The van der Waals surface area contributed by atoms with Crippen LogP contribution in [0, 0.1) is 0 Å². The Bertz CT molecular complexity index is 591. The van der Waals surface area contributed by atoms with Gasteiger partial charge in [-0.2, -0.15) is 0 Å². The van der Waals surface area contributed by atoms with Gasteiger partial charge in [-0.15, -0.1) is 0 Å². The van der Waals surface area contributed by atoms with E-state index in [-0.39, 0.29) is 0 Å². The van der Waals surface area contributed by atoms with Crippen molar-refractivity contribution in [3.8, 4) is 0 Å². The summed E-state index contributed by atoms with van der Waals surface area (Å²) in [4.78, 5) is 16.7. The monoisotopic (exact) mass is 300 g/mol. The maximum absolute atomic E-state index is 11.2. The number of benzene rings is 1. The van der Waals surface area contributed by atoms with Crippen molar-refractivity contribution in [3.05, 3.63) is 41.5 Å². The van der Waals surface area contributed by atoms with Crippen LogP contribution in [0.3, 0.4) is 0 Å². The lowest BCUT2D eigenvalue weighted by Gasteiger charge is -2.18. The number of hydrogen-bond acceptors (Lipinski definition) is 3. The molecule has 0 heterocycles. The highest BCUT2D eigenvalue weighted by atomic mass is 16.6. The van der Waals surface area contributed by atoms with Gasteiger partial charge in [0.25, 0.3) is 0 Å². The minimum absolute atomic E-state index is 0.350. The second-order valence-corrected chi connectivity index (χ2v) is 5.65. The molecule has 1 aliphatic rings. The Morgan fingerprint density at radius 3 is 2.91 bits per heavy atom. The van der Waals surface area contributed by atoms with E-state index in [0.29, 0.717) is 12.2 Å². The summed E-state index contributed by atoms with van der Waals surface area (Å²) in [5.74, 6) is -0.482. The smallest absolute Gasteiger partial charge is 0.248 e. The maximum atomic E-state index is 11.2. The summed E-state index contributed by atoms with van der Waals surface area (Å²) in [7, 11) is 0. The summed E-state index contributed by atoms with van der Waals surface area (Å²) in [6.07, 6.45) is 6.32. The van der Waals surface area contributed by atoms with Gasteiger partial charge in [-0.05, 0) is 36.8 Å². The molecule has 0 aliphatic heterocycles. The summed E-state index contributed by atoms with van der Waals surface area (Å²) < 4.78 is 0. The van der Waals surface area contributed by atoms with E-state index in [9.17, 15) is 4.79 Å². The van der Waals surface area contributed by atoms with Crippen molar-refractivity contribution in [1.29, 1.82) is 0 Å². The van der Waals surface area contributed by atoms with Gasteiger partial charge in [0.1, 0.15) is 6.61 Å². The van der Waals surface area contributed by atoms with Gasteiger partial charge in [-0.1, -0.05) is 49.7 Å². The molecule has 1 aliphatic carbocycles. The van der Waals surface area contributed by atoms with Crippen molar-refractivity contribution in [2.75, 3.05) is 6.61 Å². The molecule has 2 rings (SSSR count). The van der Waals surface area contributed by atoms with Gasteiger partial charge >= 0.3 is 0 Å². The summed E-state index contributed by atoms with van der Waals surface area (Å²) in [6.45, 7) is 6.58. The maximum Gasteiger partial charge on any atom is 0.248 e. The van der Waals surface area contributed by atoms with Gasteiger partial charge < -0.3 is 10.6 Å². The molecule has 0 spiro atoms. The van der Waals surface area contributed by atoms with Crippen LogP contribution >= 0.6 is 0 Å². The van der Waals surface area contributed by atoms with Gasteiger partial charge in [-0.25, -0.2) is 0 Å². The van der Waals surface area contributed by atoms with E-state index in [1.165, 1.54) is 18.4 Å². The summed E-state index contributed by atoms with van der Waals surface area (Å²) >= 11 is 0. The highest BCUT2D eigenvalue weighted by Gasteiger charge is 2.17. The molecule has 1 aromatic carbocycles. The van der Waals surface area contributed by atoms with Gasteiger partial charge in [0.2, 0.25) is 5.91 Å². The molecule has 4 heteroatoms. The molecular weight excluding hydrogens is 276 g/mol. The van der Waals surface area contributed by atoms with E-state index in [1.54, 1.807) is 0 Å². The average molecular weight is 300 g/mol. The number of oxime groups is 1. The minimum atomic E-state index is -0.482. The highest BCUT2D eigenvalue weighted by Crippen LogP contribution is 2.25. The number of nitrogens with two attached hydrogens (primary N) is 1. The molecule has 22 heavy (non-hydrogen) atoms. The van der Waals surface area contributed by atoms with Crippen molar-refractivity contribution in [3.63, 3.8) is 0 Å². The van der Waals surface area contributed by atoms with Crippen molar-refractivity contribution < 1.29 is 9.63 Å². The molecule has 0 saturated carbocycles. The lowest BCUT2D eigenvalue weighted by Crippen LogP contribution is -2.15. The van der Waals surface area contributed by atoms with Crippen molar-refractivity contribution in [2.45, 2.75) is 45.4 Å². The fourth-order valence-electron chi connectivity index (χ4n) is 2.63. The van der Waals surface area contributed by atoms with Crippen LogP contribution in [0.5, 0.6) is 0 Å². The second-order valence-electron chi connectivity index (χ2n) is 5.65. The second kappa shape index (κ2) is 7.78. The number of fused-ring (bicyclic) bond motifs is 1. The third-order valence-corrected chi connectivity index (χ3v) is 3.94. The molecular formula is C18H24N2O2. The summed E-state index contributed by atoms with van der Waals surface area (Å²) in [5.41, 5.74) is 9.72. The van der Waals surface area contributed by atoms with Crippen LogP contribution < -0.4 is 5.73 Å². The fourth-order valence-corrected chi connectivity index (χ4v) is 2.63. The van der Waals surface area contributed by atoms with E-state index in [4.69, 9.17) is 10.6 Å². The largest absolute Gasteiger partial charge is 0.396 e. The normalized spacial score (nSPS) is 15.4. The van der Waals surface area contributed by atoms with E-state index < -0.39 is 5.91 Å². The molecule has 2 N–H and O–H groups in total. The Morgan fingerprint density at radius 2 is 2.18 bits per heavy atom. The van der Waals surface area contributed by atoms with Crippen LogP contribution in [0.4, 0.5) is 0 Å². The SMILES string of the molecule is C=C(C(N)=O)c1ccc2c(c1)CCCC2=NOCCCCC. The van der Waals surface area contributed by atoms with Crippen LogP contribution in [-0.4, -0.2) is 18.2 Å². The number of carbonyl (C=O) groups excluding carboxylic acids is 1. The predicted octanol–water partition coefficient (Wildman–Crippen LogP) is 3.43. The Morgan fingerprint density at radius 1 is 1.36 bits per heavy atom. The van der Waals surface area contributed by atoms with Crippen molar-refractivity contribution in [2.24, 2.45) is 10.9 Å². The van der Waals surface area contributed by atoms with Crippen molar-refractivity contribution >= 4 is 17.2 Å². The summed E-state index contributed by atoms with van der Waals surface area (Å²) in [5, 5.41) is 4.31. The molecule has 1 aromatic rings. The molecule has 0 fully saturated rings. The fraction of sp³-hybridized carbons (Fsp3) is 0.444. The van der Waals surface area contributed by atoms with Crippen LogP contribution in [0.1, 0.15) is 55.7 Å². The standard InChI is InChI=1S/C18H24N2O2/c1-3-4-5-11-22-20-17-8-6-7-15-12-14(9-10-16(15)17)13(2)18(19)21/h9-10,12H,2-8,11H2,1H3,(H2,19,21). The number of carbonyl (C=O) groups is 1. The number of aryl methyl sites for hydroxylation is 1. The first-order chi connectivity index (χ1) is 10.6. The Labute approximate surface area is 132 Å². The average Bonchev–Trinajstić information content (AvgIpc) is 2.53. The minimum Gasteiger partial charge on any atom is -0.396 e. The number of nitrogens with zero attached hydrogens (tertiary/aromatic N) is 1. The molecule has 118 valence electrons. The number of primary amides is 1. The lowest BCUT2D eigenvalue weighted by atomic mass is 9.88. The third kappa shape index (κ3) is 3.97. The van der Waals surface area contributed by atoms with Crippen LogP contribution in [-0.2, 0) is 16.1 Å². The molecule has 0 saturated heterocycles. The Balaban J connectivity index is 2.12. The first-order valence-corrected chi connectivity index (χ1v) is 7.94. The Kier molecular flexibility index (Phi) is 5.75. The van der Waals surface area contributed by atoms with E-state index in [0.717, 1.165) is 42.5 Å². The zero-order chi connectivity index (χ0) is 15.9. The van der Waals surface area contributed by atoms with Gasteiger partial charge in [0.05, 0.1) is 5.71 Å². The van der Waals surface area contributed by atoms with Crippen LogP contribution in [0.15, 0.2) is 29.9 Å². The number of rotatable bonds is 7. The molecule has 4 nitrogen and oxygen atoms in total. The zero-order valence-electron chi connectivity index (χ0n) is 13.2. The first-order valence-electron chi connectivity index (χ1n) is 7.94. The van der Waals surface area contributed by atoms with Crippen molar-refractivity contribution in [1.82, 2.24) is 0 Å². The molecule has 0 aromatic heterocycles.